The van der Waals surface area contributed by atoms with Gasteiger partial charge in [0, 0.05) is 25.7 Å². The summed E-state index contributed by atoms with van der Waals surface area (Å²) in [6.07, 6.45) is 59.8. The summed E-state index contributed by atoms with van der Waals surface area (Å²) in [5.41, 5.74) is 0. The molecule has 0 spiro atoms. The molecule has 0 rings (SSSR count). The smallest absolute Gasteiger partial charge is 0.462 e. The van der Waals surface area contributed by atoms with Crippen LogP contribution in [0.15, 0.2) is 0 Å². The van der Waals surface area contributed by atoms with Crippen molar-refractivity contribution in [2.24, 2.45) is 0 Å². The molecule has 0 saturated carbocycles. The molecule has 17 nitrogen and oxygen atoms in total. The molecule has 19 heteroatoms. The SMILES string of the molecule is CCCCCCCCCCCCCCCCCCCCCCC(=O)O[C@H](COC(=O)CCCCCCCCCCCCCCCCCC)COP(=O)(O)OC[C@@H](O)COP(=O)(O)OC[C@@H](COC(=O)CCCCCCCCCC)OC(=O)CCCCCCCCCCCC. The lowest BCUT2D eigenvalue weighted by molar-refractivity contribution is -0.161. The first-order chi connectivity index (χ1) is 45.7. The van der Waals surface area contributed by atoms with Gasteiger partial charge in [-0.1, -0.05) is 349 Å². The van der Waals surface area contributed by atoms with Crippen LogP contribution >= 0.6 is 15.6 Å². The molecule has 0 bridgehead atoms. The monoisotopic (exact) mass is 1380 g/mol. The highest BCUT2D eigenvalue weighted by molar-refractivity contribution is 7.47. The lowest BCUT2D eigenvalue weighted by Gasteiger charge is -2.21. The molecule has 0 aromatic carbocycles. The highest BCUT2D eigenvalue weighted by atomic mass is 31.2. The van der Waals surface area contributed by atoms with Crippen molar-refractivity contribution in [3.63, 3.8) is 0 Å². The third-order valence-corrected chi connectivity index (χ3v) is 19.5. The van der Waals surface area contributed by atoms with Crippen LogP contribution in [0.4, 0.5) is 0 Å². The molecule has 3 N–H and O–H groups in total. The zero-order chi connectivity index (χ0) is 69.0. The molecule has 0 saturated heterocycles. The third kappa shape index (κ3) is 68.6. The van der Waals surface area contributed by atoms with Crippen LogP contribution in [0.5, 0.6) is 0 Å². The first kappa shape index (κ1) is 92.1. The normalized spacial score (nSPS) is 13.9. The topological polar surface area (TPSA) is 237 Å². The van der Waals surface area contributed by atoms with Gasteiger partial charge in [0.25, 0.3) is 0 Å². The number of aliphatic hydroxyl groups excluding tert-OH is 1. The van der Waals surface area contributed by atoms with E-state index in [2.05, 4.69) is 27.7 Å². The summed E-state index contributed by atoms with van der Waals surface area (Å²) in [6.45, 7) is 4.95. The van der Waals surface area contributed by atoms with E-state index in [1.807, 2.05) is 0 Å². The molecule has 0 aromatic rings. The van der Waals surface area contributed by atoms with Crippen molar-refractivity contribution in [3.05, 3.63) is 0 Å². The standard InChI is InChI=1S/C75H146O17P2/c1-5-9-13-17-21-25-28-30-32-34-35-36-37-39-41-43-46-50-54-58-62-75(80)92-71(66-86-73(78)60-56-52-48-45-42-40-38-33-31-29-26-22-18-14-10-6-2)68-90-94(83,84)88-64-69(76)63-87-93(81,82)89-67-70(65-85-72(77)59-55-51-47-24-20-16-12-8-4)91-74(79)61-57-53-49-44-27-23-19-15-11-7-3/h69-71,76H,5-68H2,1-4H3,(H,81,82)(H,83,84)/t69-,70+,71+/m0/s1. The lowest BCUT2D eigenvalue weighted by Crippen LogP contribution is -2.30. The second-order valence-electron chi connectivity index (χ2n) is 27.0. The van der Waals surface area contributed by atoms with E-state index in [-0.39, 0.29) is 25.7 Å². The van der Waals surface area contributed by atoms with E-state index < -0.39 is 97.5 Å². The van der Waals surface area contributed by atoms with Gasteiger partial charge in [-0.05, 0) is 25.7 Å². The lowest BCUT2D eigenvalue weighted by atomic mass is 10.0. The number of carbonyl (C=O) groups is 4. The Labute approximate surface area is 575 Å². The molecule has 0 aliphatic heterocycles. The Kier molecular flexibility index (Phi) is 68.1. The highest BCUT2D eigenvalue weighted by Crippen LogP contribution is 2.45. The van der Waals surface area contributed by atoms with Gasteiger partial charge in [-0.25, -0.2) is 9.13 Å². The van der Waals surface area contributed by atoms with E-state index in [0.717, 1.165) is 96.3 Å². The number of phosphoric acid groups is 2. The third-order valence-electron chi connectivity index (χ3n) is 17.6. The van der Waals surface area contributed by atoms with Gasteiger partial charge >= 0.3 is 39.5 Å². The number of ether oxygens (including phenoxy) is 4. The van der Waals surface area contributed by atoms with Gasteiger partial charge in [0.05, 0.1) is 26.4 Å². The Hall–Kier alpha value is -1.94. The maximum atomic E-state index is 13.1. The van der Waals surface area contributed by atoms with Gasteiger partial charge in [-0.15, -0.1) is 0 Å². The second kappa shape index (κ2) is 69.5. The maximum Gasteiger partial charge on any atom is 0.472 e. The predicted octanol–water partition coefficient (Wildman–Crippen LogP) is 22.2. The molecule has 0 aliphatic rings. The van der Waals surface area contributed by atoms with Crippen molar-refractivity contribution in [2.45, 2.75) is 418 Å². The summed E-state index contributed by atoms with van der Waals surface area (Å²) >= 11 is 0. The van der Waals surface area contributed by atoms with E-state index in [4.69, 9.17) is 37.0 Å². The van der Waals surface area contributed by atoms with E-state index in [1.54, 1.807) is 0 Å². The average Bonchev–Trinajstić information content (AvgIpc) is 1.41. The number of unbranched alkanes of at least 4 members (excludes halogenated alkanes) is 50. The molecule has 0 aromatic heterocycles. The van der Waals surface area contributed by atoms with Crippen LogP contribution in [0.25, 0.3) is 0 Å². The summed E-state index contributed by atoms with van der Waals surface area (Å²) in [5.74, 6) is -2.12. The fourth-order valence-corrected chi connectivity index (χ4v) is 13.2. The first-order valence-corrected chi connectivity index (χ1v) is 42.3. The summed E-state index contributed by atoms with van der Waals surface area (Å²) in [4.78, 5) is 72.6. The van der Waals surface area contributed by atoms with Gasteiger partial charge in [0.1, 0.15) is 19.3 Å². The highest BCUT2D eigenvalue weighted by Gasteiger charge is 2.30. The zero-order valence-corrected chi connectivity index (χ0v) is 62.7. The quantitative estimate of drug-likeness (QED) is 0.0222. The number of phosphoric ester groups is 2. The van der Waals surface area contributed by atoms with Crippen LogP contribution in [0.1, 0.15) is 400 Å². The molecular weight excluding hydrogens is 1230 g/mol. The molecule has 2 unspecified atom stereocenters. The van der Waals surface area contributed by atoms with Gasteiger partial charge < -0.3 is 33.8 Å². The minimum absolute atomic E-state index is 0.107. The molecular formula is C75H146O17P2. The molecule has 558 valence electrons. The van der Waals surface area contributed by atoms with Crippen molar-refractivity contribution >= 4 is 39.5 Å². The van der Waals surface area contributed by atoms with Crippen molar-refractivity contribution in [2.75, 3.05) is 39.6 Å². The zero-order valence-electron chi connectivity index (χ0n) is 60.9. The van der Waals surface area contributed by atoms with Gasteiger partial charge in [-0.3, -0.25) is 37.3 Å². The second-order valence-corrected chi connectivity index (χ2v) is 29.9. The minimum Gasteiger partial charge on any atom is -0.462 e. The molecule has 0 amide bonds. The van der Waals surface area contributed by atoms with Gasteiger partial charge in [0.2, 0.25) is 0 Å². The van der Waals surface area contributed by atoms with Crippen molar-refractivity contribution in [1.29, 1.82) is 0 Å². The van der Waals surface area contributed by atoms with E-state index in [9.17, 15) is 43.2 Å². The molecule has 0 radical (unpaired) electrons. The molecule has 0 fully saturated rings. The van der Waals surface area contributed by atoms with Crippen LogP contribution in [-0.2, 0) is 65.4 Å². The number of hydrogen-bond acceptors (Lipinski definition) is 15. The van der Waals surface area contributed by atoms with E-state index in [1.165, 1.54) is 225 Å². The fourth-order valence-electron chi connectivity index (χ4n) is 11.6. The number of aliphatic hydroxyl groups is 1. The number of rotatable bonds is 76. The van der Waals surface area contributed by atoms with Crippen LogP contribution < -0.4 is 0 Å². The number of carbonyl (C=O) groups excluding carboxylic acids is 4. The van der Waals surface area contributed by atoms with Crippen molar-refractivity contribution < 1.29 is 80.2 Å². The Morgan fingerprint density at radius 3 is 0.628 bits per heavy atom. The summed E-state index contributed by atoms with van der Waals surface area (Å²) < 4.78 is 68.4. The number of hydrogen-bond donors (Lipinski definition) is 3. The van der Waals surface area contributed by atoms with Gasteiger partial charge in [0.15, 0.2) is 12.2 Å². The predicted molar refractivity (Wildman–Crippen MR) is 382 cm³/mol. The average molecular weight is 1380 g/mol. The van der Waals surface area contributed by atoms with Crippen LogP contribution in [0.2, 0.25) is 0 Å². The molecule has 94 heavy (non-hydrogen) atoms. The number of esters is 4. The van der Waals surface area contributed by atoms with E-state index >= 15 is 0 Å². The van der Waals surface area contributed by atoms with Crippen LogP contribution in [0.3, 0.4) is 0 Å². The maximum absolute atomic E-state index is 13.1. The first-order valence-electron chi connectivity index (χ1n) is 39.3. The van der Waals surface area contributed by atoms with Crippen LogP contribution in [0, 0.1) is 0 Å². The Balaban J connectivity index is 5.17. The summed E-state index contributed by atoms with van der Waals surface area (Å²) in [7, 11) is -9.90. The minimum atomic E-state index is -4.95. The Bertz CT molecular complexity index is 1790. The summed E-state index contributed by atoms with van der Waals surface area (Å²) in [5, 5.41) is 10.6. The molecule has 5 atom stereocenters. The molecule has 0 aliphatic carbocycles. The summed E-state index contributed by atoms with van der Waals surface area (Å²) in [6, 6.07) is 0. The van der Waals surface area contributed by atoms with Gasteiger partial charge in [-0.2, -0.15) is 0 Å². The fraction of sp³-hybridized carbons (Fsp3) is 0.947. The van der Waals surface area contributed by atoms with Crippen molar-refractivity contribution in [3.8, 4) is 0 Å². The molecule has 0 heterocycles. The van der Waals surface area contributed by atoms with Crippen LogP contribution in [-0.4, -0.2) is 96.7 Å². The largest absolute Gasteiger partial charge is 0.472 e. The Morgan fingerprint density at radius 1 is 0.255 bits per heavy atom. The van der Waals surface area contributed by atoms with E-state index in [0.29, 0.717) is 25.7 Å². The van der Waals surface area contributed by atoms with Crippen molar-refractivity contribution in [1.82, 2.24) is 0 Å². The Morgan fingerprint density at radius 2 is 0.426 bits per heavy atom.